The molecule has 0 amide bonds. The molecule has 1 heterocycles. The number of anilines is 1. The lowest BCUT2D eigenvalue weighted by Crippen LogP contribution is -2.28. The van der Waals surface area contributed by atoms with Crippen LogP contribution in [0.15, 0.2) is 5.38 Å². The molecule has 1 N–H and O–H groups in total. The first-order chi connectivity index (χ1) is 8.13. The smallest absolute Gasteiger partial charge is 0.185 e. The number of rotatable bonds is 8. The second-order valence-electron chi connectivity index (χ2n) is 4.52. The third-order valence-electron chi connectivity index (χ3n) is 2.48. The van der Waals surface area contributed by atoms with Crippen LogP contribution in [0, 0.1) is 0 Å². The Balaban J connectivity index is 2.38. The average molecular weight is 256 g/mol. The molecule has 0 unspecified atom stereocenters. The second kappa shape index (κ2) is 7.63. The van der Waals surface area contributed by atoms with E-state index in [1.165, 1.54) is 6.42 Å². The van der Waals surface area contributed by atoms with Crippen LogP contribution in [-0.2, 0) is 6.54 Å². The van der Waals surface area contributed by atoms with Gasteiger partial charge in [-0.1, -0.05) is 6.92 Å². The van der Waals surface area contributed by atoms with Crippen molar-refractivity contribution in [1.82, 2.24) is 15.2 Å². The molecule has 0 aliphatic carbocycles. The van der Waals surface area contributed by atoms with Crippen molar-refractivity contribution in [1.29, 1.82) is 0 Å². The molecule has 5 heteroatoms. The van der Waals surface area contributed by atoms with Crippen LogP contribution in [0.1, 0.15) is 19.0 Å². The highest BCUT2D eigenvalue weighted by atomic mass is 32.1. The molecular weight excluding hydrogens is 232 g/mol. The molecule has 1 aromatic heterocycles. The van der Waals surface area contributed by atoms with E-state index in [0.717, 1.165) is 37.0 Å². The summed E-state index contributed by atoms with van der Waals surface area (Å²) in [5.41, 5.74) is 1.15. The molecule has 0 saturated carbocycles. The molecule has 1 aromatic rings. The predicted octanol–water partition coefficient (Wildman–Crippen LogP) is 1.64. The Morgan fingerprint density at radius 1 is 1.29 bits per heavy atom. The van der Waals surface area contributed by atoms with E-state index in [1.807, 2.05) is 0 Å². The van der Waals surface area contributed by atoms with E-state index in [-0.39, 0.29) is 0 Å². The van der Waals surface area contributed by atoms with Gasteiger partial charge in [0.1, 0.15) is 0 Å². The first-order valence-electron chi connectivity index (χ1n) is 6.14. The maximum absolute atomic E-state index is 4.62. The minimum Gasteiger partial charge on any atom is -0.350 e. The molecular formula is C12H24N4S. The quantitative estimate of drug-likeness (QED) is 0.717. The topological polar surface area (TPSA) is 31.4 Å². The van der Waals surface area contributed by atoms with Crippen LogP contribution in [0.4, 0.5) is 5.13 Å². The standard InChI is InChI=1S/C12H24N4S/c1-5-6-13-9-11-10-17-12(14-11)16(4)8-7-15(2)3/h10,13H,5-9H2,1-4H3. The summed E-state index contributed by atoms with van der Waals surface area (Å²) in [4.78, 5) is 9.03. The SMILES string of the molecule is CCCNCc1csc(N(C)CCN(C)C)n1. The van der Waals surface area contributed by atoms with Crippen LogP contribution in [0.5, 0.6) is 0 Å². The van der Waals surface area contributed by atoms with Crippen molar-refractivity contribution < 1.29 is 0 Å². The zero-order valence-corrected chi connectivity index (χ0v) is 12.2. The highest BCUT2D eigenvalue weighted by molar-refractivity contribution is 7.13. The Bertz CT molecular complexity index is 311. The summed E-state index contributed by atoms with van der Waals surface area (Å²) in [5.74, 6) is 0. The molecule has 0 aliphatic heterocycles. The third-order valence-corrected chi connectivity index (χ3v) is 3.49. The summed E-state index contributed by atoms with van der Waals surface area (Å²) < 4.78 is 0. The van der Waals surface area contributed by atoms with Gasteiger partial charge < -0.3 is 15.1 Å². The van der Waals surface area contributed by atoms with Gasteiger partial charge in [-0.25, -0.2) is 4.98 Å². The number of thiazole rings is 1. The molecule has 0 atom stereocenters. The molecule has 0 saturated heterocycles. The Morgan fingerprint density at radius 2 is 2.06 bits per heavy atom. The van der Waals surface area contributed by atoms with Crippen molar-refractivity contribution in [2.24, 2.45) is 0 Å². The minimum atomic E-state index is 0.881. The lowest BCUT2D eigenvalue weighted by Gasteiger charge is -2.18. The van der Waals surface area contributed by atoms with Crippen molar-refractivity contribution in [2.45, 2.75) is 19.9 Å². The average Bonchev–Trinajstić information content (AvgIpc) is 2.75. The molecule has 1 rings (SSSR count). The van der Waals surface area contributed by atoms with Crippen LogP contribution in [0.25, 0.3) is 0 Å². The fourth-order valence-corrected chi connectivity index (χ4v) is 2.21. The number of nitrogens with zero attached hydrogens (tertiary/aromatic N) is 3. The van der Waals surface area contributed by atoms with Gasteiger partial charge in [0, 0.05) is 32.1 Å². The third kappa shape index (κ3) is 5.48. The van der Waals surface area contributed by atoms with Crippen molar-refractivity contribution in [2.75, 3.05) is 45.7 Å². The Hall–Kier alpha value is -0.650. The molecule has 98 valence electrons. The Kier molecular flexibility index (Phi) is 6.47. The van der Waals surface area contributed by atoms with Gasteiger partial charge in [-0.15, -0.1) is 11.3 Å². The van der Waals surface area contributed by atoms with E-state index in [9.17, 15) is 0 Å². The minimum absolute atomic E-state index is 0.881. The van der Waals surface area contributed by atoms with Gasteiger partial charge in [0.15, 0.2) is 5.13 Å². The summed E-state index contributed by atoms with van der Waals surface area (Å²) in [6.07, 6.45) is 1.17. The second-order valence-corrected chi connectivity index (χ2v) is 5.36. The van der Waals surface area contributed by atoms with Crippen LogP contribution < -0.4 is 10.2 Å². The van der Waals surface area contributed by atoms with Gasteiger partial charge in [0.05, 0.1) is 5.69 Å². The fraction of sp³-hybridized carbons (Fsp3) is 0.750. The number of aromatic nitrogens is 1. The predicted molar refractivity (Wildman–Crippen MR) is 75.9 cm³/mol. The number of nitrogens with one attached hydrogen (secondary N) is 1. The molecule has 17 heavy (non-hydrogen) atoms. The normalized spacial score (nSPS) is 11.1. The number of hydrogen-bond acceptors (Lipinski definition) is 5. The van der Waals surface area contributed by atoms with E-state index in [0.29, 0.717) is 0 Å². The molecule has 4 nitrogen and oxygen atoms in total. The van der Waals surface area contributed by atoms with E-state index in [4.69, 9.17) is 0 Å². The molecule has 0 fully saturated rings. The summed E-state index contributed by atoms with van der Waals surface area (Å²) in [7, 11) is 6.29. The van der Waals surface area contributed by atoms with E-state index in [2.05, 4.69) is 53.5 Å². The first-order valence-corrected chi connectivity index (χ1v) is 7.02. The van der Waals surface area contributed by atoms with Gasteiger partial charge in [0.25, 0.3) is 0 Å². The van der Waals surface area contributed by atoms with Crippen molar-refractivity contribution in [3.05, 3.63) is 11.1 Å². The van der Waals surface area contributed by atoms with Crippen LogP contribution in [-0.4, -0.2) is 50.7 Å². The zero-order chi connectivity index (χ0) is 12.7. The highest BCUT2D eigenvalue weighted by Gasteiger charge is 2.06. The van der Waals surface area contributed by atoms with Gasteiger partial charge >= 0.3 is 0 Å². The first kappa shape index (κ1) is 14.4. The Morgan fingerprint density at radius 3 is 2.71 bits per heavy atom. The summed E-state index contributed by atoms with van der Waals surface area (Å²) in [5, 5.41) is 6.63. The van der Waals surface area contributed by atoms with Crippen molar-refractivity contribution in [3.8, 4) is 0 Å². The fourth-order valence-electron chi connectivity index (χ4n) is 1.39. The lowest BCUT2D eigenvalue weighted by molar-refractivity contribution is 0.416. The monoisotopic (exact) mass is 256 g/mol. The lowest BCUT2D eigenvalue weighted by atomic mass is 10.4. The highest BCUT2D eigenvalue weighted by Crippen LogP contribution is 2.18. The van der Waals surface area contributed by atoms with Gasteiger partial charge in [-0.05, 0) is 27.1 Å². The van der Waals surface area contributed by atoms with Crippen LogP contribution in [0.2, 0.25) is 0 Å². The zero-order valence-electron chi connectivity index (χ0n) is 11.4. The number of hydrogen-bond donors (Lipinski definition) is 1. The summed E-state index contributed by atoms with van der Waals surface area (Å²) in [6.45, 7) is 6.19. The molecule has 0 radical (unpaired) electrons. The van der Waals surface area contributed by atoms with Crippen molar-refractivity contribution in [3.63, 3.8) is 0 Å². The molecule has 0 aromatic carbocycles. The maximum Gasteiger partial charge on any atom is 0.185 e. The maximum atomic E-state index is 4.62. The van der Waals surface area contributed by atoms with E-state index < -0.39 is 0 Å². The van der Waals surface area contributed by atoms with E-state index >= 15 is 0 Å². The largest absolute Gasteiger partial charge is 0.350 e. The molecule has 0 bridgehead atoms. The molecule has 0 aliphatic rings. The van der Waals surface area contributed by atoms with Gasteiger partial charge in [-0.3, -0.25) is 0 Å². The van der Waals surface area contributed by atoms with Crippen LogP contribution >= 0.6 is 11.3 Å². The van der Waals surface area contributed by atoms with E-state index in [1.54, 1.807) is 11.3 Å². The van der Waals surface area contributed by atoms with Crippen molar-refractivity contribution >= 4 is 16.5 Å². The Labute approximate surface area is 109 Å². The summed E-state index contributed by atoms with van der Waals surface area (Å²) in [6, 6.07) is 0. The molecule has 0 spiro atoms. The van der Waals surface area contributed by atoms with Crippen LogP contribution in [0.3, 0.4) is 0 Å². The summed E-state index contributed by atoms with van der Waals surface area (Å²) >= 11 is 1.72. The van der Waals surface area contributed by atoms with Gasteiger partial charge in [0.2, 0.25) is 0 Å². The number of likely N-dealkylation sites (N-methyl/N-ethyl adjacent to an activating group) is 2. The van der Waals surface area contributed by atoms with Gasteiger partial charge in [-0.2, -0.15) is 0 Å².